The Morgan fingerprint density at radius 3 is 2.22 bits per heavy atom. The van der Waals surface area contributed by atoms with Crippen LogP contribution in [0.2, 0.25) is 5.02 Å². The molecule has 0 spiro atoms. The molecule has 1 aliphatic carbocycles. The fourth-order valence-electron chi connectivity index (χ4n) is 5.50. The Labute approximate surface area is 304 Å². The van der Waals surface area contributed by atoms with Gasteiger partial charge in [-0.05, 0) is 62.3 Å². The quantitative estimate of drug-likeness (QED) is 0.0519. The van der Waals surface area contributed by atoms with Gasteiger partial charge in [0.05, 0.1) is 5.02 Å². The summed E-state index contributed by atoms with van der Waals surface area (Å²) in [5.74, 6) is -3.23. The summed E-state index contributed by atoms with van der Waals surface area (Å²) < 4.78 is 16.3. The first-order chi connectivity index (χ1) is 21.4. The van der Waals surface area contributed by atoms with Crippen molar-refractivity contribution in [3.8, 4) is 11.5 Å². The SMILES string of the molecule is C=C1CCCC(C(C)(O)C(O)(OC)c2ccc(/C=C/C(=O)O)c(OCc3ccc(OC=O)cc3)c2Cl)C1.CCCCCCCC.[Y]. The zero-order valence-corrected chi connectivity index (χ0v) is 31.2. The number of ether oxygens (including phenoxy) is 3. The number of carbonyl (C=O) groups is 2. The van der Waals surface area contributed by atoms with Crippen molar-refractivity contribution in [3.63, 3.8) is 0 Å². The van der Waals surface area contributed by atoms with Gasteiger partial charge < -0.3 is 29.5 Å². The van der Waals surface area contributed by atoms with Crippen LogP contribution in [0.15, 0.2) is 54.6 Å². The Hall–Kier alpha value is -2.07. The van der Waals surface area contributed by atoms with E-state index in [1.165, 1.54) is 70.8 Å². The van der Waals surface area contributed by atoms with Gasteiger partial charge in [0, 0.05) is 57.0 Å². The number of rotatable bonds is 16. The van der Waals surface area contributed by atoms with E-state index in [0.717, 1.165) is 24.5 Å². The van der Waals surface area contributed by atoms with Crippen molar-refractivity contribution in [3.05, 3.63) is 76.3 Å². The van der Waals surface area contributed by atoms with Gasteiger partial charge in [-0.2, -0.15) is 0 Å². The van der Waals surface area contributed by atoms with E-state index in [-0.39, 0.29) is 61.6 Å². The summed E-state index contributed by atoms with van der Waals surface area (Å²) in [5.41, 5.74) is 0.390. The summed E-state index contributed by atoms with van der Waals surface area (Å²) in [6, 6.07) is 9.59. The number of carbonyl (C=O) groups excluding carboxylic acids is 1. The molecule has 0 heterocycles. The van der Waals surface area contributed by atoms with Gasteiger partial charge in [0.15, 0.2) is 0 Å². The molecule has 1 saturated carbocycles. The van der Waals surface area contributed by atoms with Crippen molar-refractivity contribution in [1.29, 1.82) is 0 Å². The summed E-state index contributed by atoms with van der Waals surface area (Å²) in [6.07, 6.45) is 13.6. The number of aliphatic carboxylic acids is 1. The smallest absolute Gasteiger partial charge is 0.328 e. The van der Waals surface area contributed by atoms with Crippen molar-refractivity contribution < 1.29 is 71.8 Å². The number of allylic oxidation sites excluding steroid dienone is 1. The maximum absolute atomic E-state index is 11.7. The molecule has 10 heteroatoms. The van der Waals surface area contributed by atoms with Gasteiger partial charge in [0.2, 0.25) is 5.79 Å². The van der Waals surface area contributed by atoms with Gasteiger partial charge in [-0.25, -0.2) is 4.79 Å². The molecule has 2 aromatic carbocycles. The van der Waals surface area contributed by atoms with E-state index < -0.39 is 17.4 Å². The van der Waals surface area contributed by atoms with Crippen molar-refractivity contribution in [2.45, 2.75) is 103 Å². The molecule has 3 atom stereocenters. The molecule has 0 bridgehead atoms. The van der Waals surface area contributed by atoms with Gasteiger partial charge in [0.1, 0.15) is 23.7 Å². The van der Waals surface area contributed by atoms with Crippen LogP contribution < -0.4 is 9.47 Å². The molecule has 2 aromatic rings. The Bertz CT molecular complexity index is 1270. The molecule has 3 unspecified atom stereocenters. The topological polar surface area (TPSA) is 123 Å². The minimum Gasteiger partial charge on any atom is -0.487 e. The number of methoxy groups -OCH3 is 1. The minimum absolute atomic E-state index is 0. The predicted molar refractivity (Wildman–Crippen MR) is 177 cm³/mol. The third kappa shape index (κ3) is 11.9. The summed E-state index contributed by atoms with van der Waals surface area (Å²) in [7, 11) is 1.28. The molecule has 1 aliphatic rings. The molecule has 8 nitrogen and oxygen atoms in total. The molecule has 0 saturated heterocycles. The third-order valence-corrected chi connectivity index (χ3v) is 8.62. The van der Waals surface area contributed by atoms with E-state index in [1.54, 1.807) is 24.3 Å². The van der Waals surface area contributed by atoms with Crippen LogP contribution in [0, 0.1) is 5.92 Å². The van der Waals surface area contributed by atoms with Gasteiger partial charge in [-0.15, -0.1) is 0 Å². The van der Waals surface area contributed by atoms with Gasteiger partial charge in [-0.1, -0.05) is 100 Å². The zero-order valence-electron chi connectivity index (χ0n) is 27.6. The largest absolute Gasteiger partial charge is 0.487 e. The van der Waals surface area contributed by atoms with Gasteiger partial charge in [0.25, 0.3) is 6.47 Å². The predicted octanol–water partition coefficient (Wildman–Crippen LogP) is 8.21. The van der Waals surface area contributed by atoms with Crippen molar-refractivity contribution in [2.75, 3.05) is 7.11 Å². The fourth-order valence-corrected chi connectivity index (χ4v) is 5.85. The fraction of sp³-hybridized carbons (Fsp3) is 0.500. The molecule has 46 heavy (non-hydrogen) atoms. The van der Waals surface area contributed by atoms with Crippen LogP contribution in [0.3, 0.4) is 0 Å². The first-order valence-corrected chi connectivity index (χ1v) is 16.0. The second kappa shape index (κ2) is 21.0. The number of aliphatic hydroxyl groups is 2. The number of hydrogen-bond donors (Lipinski definition) is 3. The van der Waals surface area contributed by atoms with E-state index in [1.807, 2.05) is 0 Å². The summed E-state index contributed by atoms with van der Waals surface area (Å²) in [5, 5.41) is 32.4. The Morgan fingerprint density at radius 1 is 1.07 bits per heavy atom. The Kier molecular flexibility index (Phi) is 19.2. The summed E-state index contributed by atoms with van der Waals surface area (Å²) in [4.78, 5) is 21.7. The number of unbranched alkanes of at least 4 members (excludes halogenated alkanes) is 5. The maximum Gasteiger partial charge on any atom is 0.328 e. The van der Waals surface area contributed by atoms with Gasteiger partial charge >= 0.3 is 5.97 Å². The van der Waals surface area contributed by atoms with Crippen LogP contribution in [0.4, 0.5) is 0 Å². The molecule has 0 aliphatic heterocycles. The number of benzene rings is 2. The average molecular weight is 734 g/mol. The number of halogens is 1. The Morgan fingerprint density at radius 2 is 1.70 bits per heavy atom. The summed E-state index contributed by atoms with van der Waals surface area (Å²) in [6.45, 7) is 10.4. The van der Waals surface area contributed by atoms with E-state index in [9.17, 15) is 19.8 Å². The second-order valence-electron chi connectivity index (χ2n) is 11.6. The van der Waals surface area contributed by atoms with Crippen LogP contribution in [0.25, 0.3) is 6.08 Å². The standard InChI is InChI=1S/C28H31ClO8.C8H18.Y/c1-18-5-4-6-21(15-18)27(2,33)28(34,35-3)23-13-9-20(10-14-24(31)32)26(25(23)29)36-16-19-7-11-22(12-8-19)37-17-30;1-3-5-7-8-6-4-2;/h7-14,17,21,33-34H,1,4-6,15-16H2,2-3H3,(H,31,32);3-8H2,1-2H3;/b14-10+;;. The van der Waals surface area contributed by atoms with Crippen LogP contribution in [0.5, 0.6) is 11.5 Å². The molecule has 0 amide bonds. The van der Waals surface area contributed by atoms with Crippen LogP contribution in [-0.4, -0.2) is 40.5 Å². The number of hydrogen-bond acceptors (Lipinski definition) is 7. The Balaban J connectivity index is 0.00000104. The van der Waals surface area contributed by atoms with Crippen molar-refractivity contribution >= 4 is 30.1 Å². The molecule has 1 radical (unpaired) electrons. The molecule has 3 N–H and O–H groups in total. The first-order valence-electron chi connectivity index (χ1n) is 15.7. The molecule has 251 valence electrons. The molecular formula is C36H49ClO8Y. The first kappa shape index (κ1) is 42.0. The molecule has 1 fully saturated rings. The molecular weight excluding hydrogens is 685 g/mol. The van der Waals surface area contributed by atoms with E-state index in [2.05, 4.69) is 20.4 Å². The number of carboxylic acids is 1. The van der Waals surface area contributed by atoms with E-state index in [0.29, 0.717) is 36.2 Å². The molecule has 0 aromatic heterocycles. The number of carboxylic acid groups (broad SMARTS) is 1. The van der Waals surface area contributed by atoms with Crippen LogP contribution >= 0.6 is 11.6 Å². The second-order valence-corrected chi connectivity index (χ2v) is 12.0. The van der Waals surface area contributed by atoms with E-state index >= 15 is 0 Å². The maximum atomic E-state index is 11.7. The molecule has 3 rings (SSSR count). The minimum atomic E-state index is -2.20. The van der Waals surface area contributed by atoms with Crippen molar-refractivity contribution in [1.82, 2.24) is 0 Å². The van der Waals surface area contributed by atoms with Crippen molar-refractivity contribution in [2.24, 2.45) is 5.92 Å². The summed E-state index contributed by atoms with van der Waals surface area (Å²) >= 11 is 6.76. The zero-order chi connectivity index (χ0) is 33.5. The average Bonchev–Trinajstić information content (AvgIpc) is 3.02. The van der Waals surface area contributed by atoms with E-state index in [4.69, 9.17) is 30.9 Å². The monoisotopic (exact) mass is 733 g/mol. The third-order valence-electron chi connectivity index (χ3n) is 8.24. The van der Waals surface area contributed by atoms with Crippen LogP contribution in [0.1, 0.15) is 102 Å². The van der Waals surface area contributed by atoms with Crippen LogP contribution in [-0.2, 0) is 59.4 Å². The van der Waals surface area contributed by atoms with Gasteiger partial charge in [-0.3, -0.25) is 4.79 Å². The normalized spacial score (nSPS) is 17.1.